The third-order valence-corrected chi connectivity index (χ3v) is 2.21. The van der Waals surface area contributed by atoms with Gasteiger partial charge in [0.15, 0.2) is 17.3 Å². The minimum Gasteiger partial charge on any atom is -0.493 e. The van der Waals surface area contributed by atoms with Crippen molar-refractivity contribution in [2.45, 2.75) is 0 Å². The Hall–Kier alpha value is -2.43. The summed E-state index contributed by atoms with van der Waals surface area (Å²) in [6.07, 6.45) is 1.36. The van der Waals surface area contributed by atoms with Crippen LogP contribution in [0, 0.1) is 0 Å². The quantitative estimate of drug-likeness (QED) is 0.871. The average Bonchev–Trinajstić information content (AvgIpc) is 2.39. The number of aromatic nitrogens is 2. The Kier molecular flexibility index (Phi) is 3.00. The van der Waals surface area contributed by atoms with Gasteiger partial charge in [-0.25, -0.2) is 14.8 Å². The lowest BCUT2D eigenvalue weighted by Gasteiger charge is -2.05. The molecule has 0 aliphatic heterocycles. The average molecular weight is 230 g/mol. The molecule has 1 heterocycles. The van der Waals surface area contributed by atoms with Gasteiger partial charge in [-0.2, -0.15) is 0 Å². The van der Waals surface area contributed by atoms with Crippen molar-refractivity contribution in [1.82, 2.24) is 9.97 Å². The molecule has 17 heavy (non-hydrogen) atoms. The Balaban J connectivity index is 2.51. The SMILES string of the molecule is COc1cnc(-c2ccccc2)nc1C(=O)O. The van der Waals surface area contributed by atoms with Gasteiger partial charge >= 0.3 is 5.97 Å². The van der Waals surface area contributed by atoms with Crippen molar-refractivity contribution in [2.24, 2.45) is 0 Å². The fourth-order valence-electron chi connectivity index (χ4n) is 1.40. The number of ether oxygens (including phenoxy) is 1. The highest BCUT2D eigenvalue weighted by molar-refractivity contribution is 5.88. The molecule has 0 saturated heterocycles. The van der Waals surface area contributed by atoms with Gasteiger partial charge in [0.05, 0.1) is 13.3 Å². The number of nitrogens with zero attached hydrogens (tertiary/aromatic N) is 2. The Morgan fingerprint density at radius 3 is 2.59 bits per heavy atom. The van der Waals surface area contributed by atoms with E-state index in [4.69, 9.17) is 9.84 Å². The molecule has 0 spiro atoms. The van der Waals surface area contributed by atoms with Gasteiger partial charge in [-0.3, -0.25) is 0 Å². The van der Waals surface area contributed by atoms with Crippen LogP contribution in [0.15, 0.2) is 36.5 Å². The van der Waals surface area contributed by atoms with E-state index < -0.39 is 5.97 Å². The van der Waals surface area contributed by atoms with Crippen LogP contribution in [0.4, 0.5) is 0 Å². The van der Waals surface area contributed by atoms with E-state index in [1.54, 1.807) is 0 Å². The fraction of sp³-hybridized carbons (Fsp3) is 0.0833. The summed E-state index contributed by atoms with van der Waals surface area (Å²) in [7, 11) is 1.38. The molecule has 0 fully saturated rings. The first-order valence-corrected chi connectivity index (χ1v) is 4.92. The van der Waals surface area contributed by atoms with Crippen molar-refractivity contribution in [2.75, 3.05) is 7.11 Å². The molecule has 0 aliphatic carbocycles. The van der Waals surface area contributed by atoms with Gasteiger partial charge in [-0.1, -0.05) is 30.3 Å². The molecule has 1 aromatic carbocycles. The van der Waals surface area contributed by atoms with Crippen LogP contribution in [-0.4, -0.2) is 28.2 Å². The number of carboxylic acids is 1. The molecule has 2 aromatic rings. The number of aromatic carboxylic acids is 1. The minimum atomic E-state index is -1.14. The van der Waals surface area contributed by atoms with E-state index in [2.05, 4.69) is 9.97 Å². The van der Waals surface area contributed by atoms with E-state index in [0.29, 0.717) is 5.82 Å². The van der Waals surface area contributed by atoms with Crippen LogP contribution >= 0.6 is 0 Å². The molecule has 0 amide bonds. The lowest BCUT2D eigenvalue weighted by molar-refractivity contribution is 0.0686. The van der Waals surface area contributed by atoms with Crippen LogP contribution in [-0.2, 0) is 0 Å². The monoisotopic (exact) mass is 230 g/mol. The standard InChI is InChI=1S/C12H10N2O3/c1-17-9-7-13-11(14-10(9)12(15)16)8-5-3-2-4-6-8/h2-7H,1H3,(H,15,16). The Labute approximate surface area is 97.7 Å². The number of methoxy groups -OCH3 is 1. The van der Waals surface area contributed by atoms with Gasteiger partial charge in [-0.15, -0.1) is 0 Å². The molecule has 1 N–H and O–H groups in total. The minimum absolute atomic E-state index is 0.138. The topological polar surface area (TPSA) is 72.3 Å². The highest BCUT2D eigenvalue weighted by Crippen LogP contribution is 2.20. The van der Waals surface area contributed by atoms with Gasteiger partial charge < -0.3 is 9.84 Å². The summed E-state index contributed by atoms with van der Waals surface area (Å²) in [4.78, 5) is 19.0. The predicted molar refractivity (Wildman–Crippen MR) is 61.0 cm³/mol. The summed E-state index contributed by atoms with van der Waals surface area (Å²) in [5.41, 5.74) is 0.624. The van der Waals surface area contributed by atoms with E-state index in [1.807, 2.05) is 30.3 Å². The van der Waals surface area contributed by atoms with Crippen molar-refractivity contribution in [3.05, 3.63) is 42.2 Å². The van der Waals surface area contributed by atoms with Crippen LogP contribution in [0.1, 0.15) is 10.5 Å². The molecule has 2 rings (SSSR count). The largest absolute Gasteiger partial charge is 0.493 e. The summed E-state index contributed by atoms with van der Waals surface area (Å²) >= 11 is 0. The Morgan fingerprint density at radius 2 is 2.00 bits per heavy atom. The number of hydrogen-bond acceptors (Lipinski definition) is 4. The van der Waals surface area contributed by atoms with Crippen LogP contribution in [0.3, 0.4) is 0 Å². The second-order valence-electron chi connectivity index (χ2n) is 3.28. The number of carboxylic acid groups (broad SMARTS) is 1. The van der Waals surface area contributed by atoms with E-state index in [1.165, 1.54) is 13.3 Å². The molecule has 86 valence electrons. The summed E-state index contributed by atoms with van der Waals surface area (Å²) < 4.78 is 4.89. The van der Waals surface area contributed by atoms with Gasteiger partial charge in [0, 0.05) is 5.56 Å². The van der Waals surface area contributed by atoms with E-state index in [9.17, 15) is 4.79 Å². The van der Waals surface area contributed by atoms with Gasteiger partial charge in [-0.05, 0) is 0 Å². The Morgan fingerprint density at radius 1 is 1.29 bits per heavy atom. The van der Waals surface area contributed by atoms with E-state index in [-0.39, 0.29) is 11.4 Å². The van der Waals surface area contributed by atoms with Crippen molar-refractivity contribution in [3.8, 4) is 17.1 Å². The summed E-state index contributed by atoms with van der Waals surface area (Å²) in [6, 6.07) is 9.17. The summed E-state index contributed by atoms with van der Waals surface area (Å²) in [5, 5.41) is 9.00. The normalized spacial score (nSPS) is 9.94. The summed E-state index contributed by atoms with van der Waals surface area (Å²) in [5.74, 6) is -0.623. The molecule has 0 radical (unpaired) electrons. The van der Waals surface area contributed by atoms with Crippen LogP contribution in [0.5, 0.6) is 5.75 Å². The van der Waals surface area contributed by atoms with Crippen molar-refractivity contribution in [3.63, 3.8) is 0 Å². The van der Waals surface area contributed by atoms with Gasteiger partial charge in [0.25, 0.3) is 0 Å². The molecule has 1 aromatic heterocycles. The molecular formula is C12H10N2O3. The zero-order chi connectivity index (χ0) is 12.3. The molecular weight excluding hydrogens is 220 g/mol. The smallest absolute Gasteiger partial charge is 0.358 e. The van der Waals surface area contributed by atoms with E-state index in [0.717, 1.165) is 5.56 Å². The maximum absolute atomic E-state index is 11.0. The molecule has 0 unspecified atom stereocenters. The lowest BCUT2D eigenvalue weighted by atomic mass is 10.2. The summed E-state index contributed by atoms with van der Waals surface area (Å²) in [6.45, 7) is 0. The fourth-order valence-corrected chi connectivity index (χ4v) is 1.40. The zero-order valence-corrected chi connectivity index (χ0v) is 9.12. The lowest BCUT2D eigenvalue weighted by Crippen LogP contribution is -2.06. The van der Waals surface area contributed by atoms with Crippen LogP contribution in [0.25, 0.3) is 11.4 Å². The number of carbonyl (C=O) groups is 1. The molecule has 0 atom stereocenters. The highest BCUT2D eigenvalue weighted by Gasteiger charge is 2.15. The van der Waals surface area contributed by atoms with Crippen LogP contribution < -0.4 is 4.74 Å². The van der Waals surface area contributed by atoms with Gasteiger partial charge in [0.2, 0.25) is 0 Å². The maximum atomic E-state index is 11.0. The first kappa shape index (κ1) is 11.1. The molecule has 0 bridgehead atoms. The predicted octanol–water partition coefficient (Wildman–Crippen LogP) is 1.85. The molecule has 0 aliphatic rings. The highest BCUT2D eigenvalue weighted by atomic mass is 16.5. The second-order valence-corrected chi connectivity index (χ2v) is 3.28. The van der Waals surface area contributed by atoms with Crippen molar-refractivity contribution in [1.29, 1.82) is 0 Å². The zero-order valence-electron chi connectivity index (χ0n) is 9.12. The first-order chi connectivity index (χ1) is 8.22. The second kappa shape index (κ2) is 4.61. The Bertz CT molecular complexity index is 541. The van der Waals surface area contributed by atoms with Gasteiger partial charge in [0.1, 0.15) is 0 Å². The van der Waals surface area contributed by atoms with Crippen molar-refractivity contribution < 1.29 is 14.6 Å². The maximum Gasteiger partial charge on any atom is 0.358 e. The van der Waals surface area contributed by atoms with E-state index >= 15 is 0 Å². The number of hydrogen-bond donors (Lipinski definition) is 1. The number of benzene rings is 1. The third kappa shape index (κ3) is 2.23. The molecule has 5 heteroatoms. The van der Waals surface area contributed by atoms with Crippen LogP contribution in [0.2, 0.25) is 0 Å². The van der Waals surface area contributed by atoms with Crippen molar-refractivity contribution >= 4 is 5.97 Å². The first-order valence-electron chi connectivity index (χ1n) is 4.92. The third-order valence-electron chi connectivity index (χ3n) is 2.21. The number of rotatable bonds is 3. The molecule has 5 nitrogen and oxygen atoms in total. The molecule has 0 saturated carbocycles.